The number of hydrogen-bond donors (Lipinski definition) is 3. The summed E-state index contributed by atoms with van der Waals surface area (Å²) in [5, 5.41) is 23.3. The van der Waals surface area contributed by atoms with Crippen LogP contribution in [0.2, 0.25) is 5.02 Å². The molecule has 0 fully saturated rings. The molecule has 3 N–H and O–H groups in total. The van der Waals surface area contributed by atoms with Crippen LogP contribution in [-0.4, -0.2) is 16.4 Å². The summed E-state index contributed by atoms with van der Waals surface area (Å²) in [6.45, 7) is 0. The molecule has 5 heteroatoms. The summed E-state index contributed by atoms with van der Waals surface area (Å²) in [5.74, 6) is -0.0213. The summed E-state index contributed by atoms with van der Waals surface area (Å²) in [5.41, 5.74) is 4.09. The number of aromatic hydroxyl groups is 2. The third-order valence-corrected chi connectivity index (χ3v) is 2.51. The third-order valence-electron chi connectivity index (χ3n) is 2.26. The van der Waals surface area contributed by atoms with Crippen molar-refractivity contribution in [2.24, 2.45) is 5.10 Å². The van der Waals surface area contributed by atoms with Gasteiger partial charge in [0.25, 0.3) is 0 Å². The van der Waals surface area contributed by atoms with Crippen molar-refractivity contribution in [2.75, 3.05) is 5.43 Å². The highest BCUT2D eigenvalue weighted by Gasteiger charge is 1.98. The first kappa shape index (κ1) is 12.3. The maximum atomic E-state index is 9.53. The second kappa shape index (κ2) is 5.42. The summed E-state index contributed by atoms with van der Waals surface area (Å²) in [6, 6.07) is 11.4. The van der Waals surface area contributed by atoms with Gasteiger partial charge in [0.2, 0.25) is 0 Å². The van der Waals surface area contributed by atoms with Gasteiger partial charge in [0, 0.05) is 16.7 Å². The molecule has 2 rings (SSSR count). The van der Waals surface area contributed by atoms with E-state index in [1.165, 1.54) is 18.3 Å². The molecule has 0 saturated heterocycles. The molecule has 0 aliphatic rings. The molecule has 18 heavy (non-hydrogen) atoms. The molecule has 2 aromatic rings. The maximum absolute atomic E-state index is 9.53. The van der Waals surface area contributed by atoms with Gasteiger partial charge in [0.1, 0.15) is 11.5 Å². The molecule has 0 aliphatic carbocycles. The SMILES string of the molecule is Oc1ccc(C=NNc2ccc(Cl)cc2)c(O)c1. The summed E-state index contributed by atoms with van der Waals surface area (Å²) < 4.78 is 0. The third kappa shape index (κ3) is 3.15. The van der Waals surface area contributed by atoms with E-state index in [0.29, 0.717) is 10.6 Å². The van der Waals surface area contributed by atoms with E-state index < -0.39 is 0 Å². The van der Waals surface area contributed by atoms with Crippen LogP contribution in [0.5, 0.6) is 11.5 Å². The van der Waals surface area contributed by atoms with Gasteiger partial charge < -0.3 is 10.2 Å². The molecule has 0 radical (unpaired) electrons. The number of hydrazone groups is 1. The van der Waals surface area contributed by atoms with Gasteiger partial charge in [0.15, 0.2) is 0 Å². The van der Waals surface area contributed by atoms with Crippen molar-refractivity contribution in [1.29, 1.82) is 0 Å². The summed E-state index contributed by atoms with van der Waals surface area (Å²) >= 11 is 5.75. The summed E-state index contributed by atoms with van der Waals surface area (Å²) in [6.07, 6.45) is 1.46. The number of phenols is 2. The quantitative estimate of drug-likeness (QED) is 0.588. The second-order valence-corrected chi connectivity index (χ2v) is 4.06. The first-order chi connectivity index (χ1) is 8.65. The first-order valence-electron chi connectivity index (χ1n) is 5.22. The molecule has 0 heterocycles. The number of anilines is 1. The van der Waals surface area contributed by atoms with Gasteiger partial charge in [-0.25, -0.2) is 0 Å². The van der Waals surface area contributed by atoms with E-state index >= 15 is 0 Å². The van der Waals surface area contributed by atoms with Crippen LogP contribution in [0.3, 0.4) is 0 Å². The Balaban J connectivity index is 2.05. The van der Waals surface area contributed by atoms with Crippen LogP contribution in [0.25, 0.3) is 0 Å². The standard InChI is InChI=1S/C13H11ClN2O2/c14-10-2-4-11(5-3-10)16-15-8-9-1-6-12(17)7-13(9)18/h1-8,16-18H. The second-order valence-electron chi connectivity index (χ2n) is 3.62. The van der Waals surface area contributed by atoms with Gasteiger partial charge in [-0.1, -0.05) is 11.6 Å². The largest absolute Gasteiger partial charge is 0.508 e. The smallest absolute Gasteiger partial charge is 0.128 e. The molecule has 0 aliphatic heterocycles. The fourth-order valence-electron chi connectivity index (χ4n) is 1.34. The average Bonchev–Trinajstić information content (AvgIpc) is 2.34. The monoisotopic (exact) mass is 262 g/mol. The van der Waals surface area contributed by atoms with Crippen LogP contribution in [-0.2, 0) is 0 Å². The van der Waals surface area contributed by atoms with Crippen molar-refractivity contribution < 1.29 is 10.2 Å². The molecule has 0 unspecified atom stereocenters. The number of benzene rings is 2. The molecule has 0 aromatic heterocycles. The van der Waals surface area contributed by atoms with Gasteiger partial charge in [-0.15, -0.1) is 0 Å². The van der Waals surface area contributed by atoms with E-state index in [-0.39, 0.29) is 11.5 Å². The number of halogens is 1. The number of phenolic OH excluding ortho intramolecular Hbond substituents is 2. The summed E-state index contributed by atoms with van der Waals surface area (Å²) in [7, 11) is 0. The van der Waals surface area contributed by atoms with E-state index in [9.17, 15) is 5.11 Å². The van der Waals surface area contributed by atoms with Crippen molar-refractivity contribution in [1.82, 2.24) is 0 Å². The Bertz CT molecular complexity index is 568. The van der Waals surface area contributed by atoms with Crippen LogP contribution < -0.4 is 5.43 Å². The molecular weight excluding hydrogens is 252 g/mol. The Morgan fingerprint density at radius 2 is 1.78 bits per heavy atom. The van der Waals surface area contributed by atoms with Gasteiger partial charge in [0.05, 0.1) is 11.9 Å². The Morgan fingerprint density at radius 3 is 2.44 bits per heavy atom. The maximum Gasteiger partial charge on any atom is 0.128 e. The zero-order chi connectivity index (χ0) is 13.0. The molecule has 0 amide bonds. The Hall–Kier alpha value is -2.20. The van der Waals surface area contributed by atoms with Gasteiger partial charge in [-0.2, -0.15) is 5.10 Å². The number of nitrogens with one attached hydrogen (secondary N) is 1. The zero-order valence-electron chi connectivity index (χ0n) is 9.34. The Morgan fingerprint density at radius 1 is 1.06 bits per heavy atom. The molecule has 0 spiro atoms. The highest BCUT2D eigenvalue weighted by molar-refractivity contribution is 6.30. The minimum Gasteiger partial charge on any atom is -0.508 e. The highest BCUT2D eigenvalue weighted by atomic mass is 35.5. The molecule has 0 saturated carbocycles. The van der Waals surface area contributed by atoms with Crippen LogP contribution in [0.15, 0.2) is 47.6 Å². The van der Waals surface area contributed by atoms with E-state index in [1.54, 1.807) is 30.3 Å². The molecule has 92 valence electrons. The lowest BCUT2D eigenvalue weighted by molar-refractivity contribution is 0.450. The molecule has 0 bridgehead atoms. The predicted molar refractivity (Wildman–Crippen MR) is 72.4 cm³/mol. The zero-order valence-corrected chi connectivity index (χ0v) is 10.1. The molecule has 2 aromatic carbocycles. The van der Waals surface area contributed by atoms with Crippen LogP contribution in [0, 0.1) is 0 Å². The van der Waals surface area contributed by atoms with Crippen molar-refractivity contribution in [3.05, 3.63) is 53.1 Å². The van der Waals surface area contributed by atoms with Gasteiger partial charge in [-0.3, -0.25) is 5.43 Å². The van der Waals surface area contributed by atoms with Crippen LogP contribution >= 0.6 is 11.6 Å². The normalized spacial score (nSPS) is 10.7. The number of rotatable bonds is 3. The lowest BCUT2D eigenvalue weighted by Crippen LogP contribution is -1.90. The molecular formula is C13H11ClN2O2. The van der Waals surface area contributed by atoms with Crippen molar-refractivity contribution >= 4 is 23.5 Å². The fraction of sp³-hybridized carbons (Fsp3) is 0. The average molecular weight is 263 g/mol. The van der Waals surface area contributed by atoms with Crippen LogP contribution in [0.1, 0.15) is 5.56 Å². The first-order valence-corrected chi connectivity index (χ1v) is 5.59. The predicted octanol–water partition coefficient (Wildman–Crippen LogP) is 3.20. The fourth-order valence-corrected chi connectivity index (χ4v) is 1.47. The highest BCUT2D eigenvalue weighted by Crippen LogP contribution is 2.21. The van der Waals surface area contributed by atoms with E-state index in [1.807, 2.05) is 0 Å². The molecule has 4 nitrogen and oxygen atoms in total. The topological polar surface area (TPSA) is 64.9 Å². The lowest BCUT2D eigenvalue weighted by Gasteiger charge is -2.01. The van der Waals surface area contributed by atoms with Gasteiger partial charge >= 0.3 is 0 Å². The summed E-state index contributed by atoms with van der Waals surface area (Å²) in [4.78, 5) is 0. The lowest BCUT2D eigenvalue weighted by atomic mass is 10.2. The number of hydrogen-bond acceptors (Lipinski definition) is 4. The Labute approximate surface area is 109 Å². The minimum absolute atomic E-state index is 0.00955. The Kier molecular flexibility index (Phi) is 3.69. The van der Waals surface area contributed by atoms with Crippen LogP contribution in [0.4, 0.5) is 5.69 Å². The molecule has 0 atom stereocenters. The van der Waals surface area contributed by atoms with Crippen molar-refractivity contribution in [3.63, 3.8) is 0 Å². The van der Waals surface area contributed by atoms with E-state index in [0.717, 1.165) is 5.69 Å². The van der Waals surface area contributed by atoms with Gasteiger partial charge in [-0.05, 0) is 36.4 Å². The van der Waals surface area contributed by atoms with E-state index in [4.69, 9.17) is 16.7 Å². The number of nitrogens with zero attached hydrogens (tertiary/aromatic N) is 1. The van der Waals surface area contributed by atoms with E-state index in [2.05, 4.69) is 10.5 Å². The van der Waals surface area contributed by atoms with Crippen molar-refractivity contribution in [3.8, 4) is 11.5 Å². The van der Waals surface area contributed by atoms with Crippen molar-refractivity contribution in [2.45, 2.75) is 0 Å². The minimum atomic E-state index is -0.0309.